The molecule has 0 radical (unpaired) electrons. The Labute approximate surface area is 87.4 Å². The van der Waals surface area contributed by atoms with Gasteiger partial charge in [0, 0.05) is 13.1 Å². The molecule has 1 heterocycles. The van der Waals surface area contributed by atoms with Crippen LogP contribution in [-0.4, -0.2) is 24.8 Å². The van der Waals surface area contributed by atoms with Gasteiger partial charge in [-0.25, -0.2) is 0 Å². The van der Waals surface area contributed by atoms with Crippen LogP contribution < -0.4 is 5.32 Å². The highest BCUT2D eigenvalue weighted by molar-refractivity contribution is 4.92. The standard InChI is InChI=1S/C12H23NO/c1-11(2)6-4-5-10(7-11)14-12(3)8-13-9-12/h10,13H,4-9H2,1-3H3. The summed E-state index contributed by atoms with van der Waals surface area (Å²) in [5.41, 5.74) is 0.633. The molecule has 2 rings (SSSR count). The van der Waals surface area contributed by atoms with Crippen molar-refractivity contribution in [3.63, 3.8) is 0 Å². The second-order valence-corrected chi connectivity index (χ2v) is 6.05. The van der Waals surface area contributed by atoms with Crippen molar-refractivity contribution in [2.24, 2.45) is 5.41 Å². The Kier molecular flexibility index (Phi) is 2.61. The first-order valence-electron chi connectivity index (χ1n) is 5.88. The molecular weight excluding hydrogens is 174 g/mol. The van der Waals surface area contributed by atoms with E-state index in [-0.39, 0.29) is 5.60 Å². The molecule has 2 heteroatoms. The summed E-state index contributed by atoms with van der Waals surface area (Å²) < 4.78 is 6.19. The van der Waals surface area contributed by atoms with Gasteiger partial charge in [-0.15, -0.1) is 0 Å². The average Bonchev–Trinajstić information content (AvgIpc) is 1.99. The van der Waals surface area contributed by atoms with Crippen LogP contribution >= 0.6 is 0 Å². The van der Waals surface area contributed by atoms with E-state index in [0.29, 0.717) is 11.5 Å². The summed E-state index contributed by atoms with van der Waals surface area (Å²) in [5, 5.41) is 3.29. The predicted molar refractivity (Wildman–Crippen MR) is 58.4 cm³/mol. The summed E-state index contributed by atoms with van der Waals surface area (Å²) in [7, 11) is 0. The molecule has 1 aliphatic heterocycles. The van der Waals surface area contributed by atoms with Crippen molar-refractivity contribution in [1.82, 2.24) is 5.32 Å². The minimum absolute atomic E-state index is 0.137. The Morgan fingerprint density at radius 1 is 1.21 bits per heavy atom. The smallest absolute Gasteiger partial charge is 0.0905 e. The van der Waals surface area contributed by atoms with E-state index < -0.39 is 0 Å². The van der Waals surface area contributed by atoms with Crippen molar-refractivity contribution in [1.29, 1.82) is 0 Å². The van der Waals surface area contributed by atoms with Gasteiger partial charge in [-0.1, -0.05) is 20.3 Å². The molecule has 0 bridgehead atoms. The Bertz CT molecular complexity index is 208. The molecule has 2 fully saturated rings. The summed E-state index contributed by atoms with van der Waals surface area (Å²) in [6, 6.07) is 0. The van der Waals surface area contributed by atoms with Crippen molar-refractivity contribution >= 4 is 0 Å². The third-order valence-corrected chi connectivity index (χ3v) is 3.61. The largest absolute Gasteiger partial charge is 0.369 e. The van der Waals surface area contributed by atoms with Gasteiger partial charge in [0.1, 0.15) is 0 Å². The van der Waals surface area contributed by atoms with Crippen molar-refractivity contribution in [3.8, 4) is 0 Å². The van der Waals surface area contributed by atoms with Crippen LogP contribution in [0, 0.1) is 5.41 Å². The fraction of sp³-hybridized carbons (Fsp3) is 1.00. The number of ether oxygens (including phenoxy) is 1. The van der Waals surface area contributed by atoms with Crippen LogP contribution in [0.5, 0.6) is 0 Å². The number of hydrogen-bond acceptors (Lipinski definition) is 2. The topological polar surface area (TPSA) is 21.3 Å². The van der Waals surface area contributed by atoms with Crippen LogP contribution in [0.4, 0.5) is 0 Å². The van der Waals surface area contributed by atoms with E-state index in [9.17, 15) is 0 Å². The molecule has 2 nitrogen and oxygen atoms in total. The summed E-state index contributed by atoms with van der Waals surface area (Å²) >= 11 is 0. The minimum Gasteiger partial charge on any atom is -0.369 e. The Balaban J connectivity index is 1.86. The Hall–Kier alpha value is -0.0800. The zero-order chi connectivity index (χ0) is 10.2. The first kappa shape index (κ1) is 10.4. The highest BCUT2D eigenvalue weighted by Gasteiger charge is 2.38. The lowest BCUT2D eigenvalue weighted by Gasteiger charge is -2.45. The van der Waals surface area contributed by atoms with E-state index in [1.807, 2.05) is 0 Å². The van der Waals surface area contributed by atoms with Gasteiger partial charge >= 0.3 is 0 Å². The maximum absolute atomic E-state index is 6.19. The molecule has 1 saturated heterocycles. The number of nitrogens with one attached hydrogen (secondary N) is 1. The SMILES string of the molecule is CC1(C)CCCC(OC2(C)CNC2)C1. The van der Waals surface area contributed by atoms with Gasteiger partial charge in [0.25, 0.3) is 0 Å². The Morgan fingerprint density at radius 2 is 1.93 bits per heavy atom. The van der Waals surface area contributed by atoms with Crippen LogP contribution in [0.3, 0.4) is 0 Å². The second kappa shape index (κ2) is 3.49. The quantitative estimate of drug-likeness (QED) is 0.733. The normalized spacial score (nSPS) is 34.9. The molecule has 0 aromatic rings. The van der Waals surface area contributed by atoms with E-state index in [0.717, 1.165) is 13.1 Å². The van der Waals surface area contributed by atoms with Gasteiger partial charge in [-0.3, -0.25) is 0 Å². The van der Waals surface area contributed by atoms with Gasteiger partial charge < -0.3 is 10.1 Å². The lowest BCUT2D eigenvalue weighted by Crippen LogP contribution is -2.60. The first-order valence-corrected chi connectivity index (χ1v) is 5.88. The van der Waals surface area contributed by atoms with Crippen molar-refractivity contribution < 1.29 is 4.74 Å². The lowest BCUT2D eigenvalue weighted by atomic mass is 9.76. The molecule has 0 amide bonds. The minimum atomic E-state index is 0.137. The molecule has 0 aromatic carbocycles. The fourth-order valence-corrected chi connectivity index (χ4v) is 2.69. The van der Waals surface area contributed by atoms with Gasteiger partial charge in [-0.05, 0) is 31.6 Å². The molecule has 0 spiro atoms. The zero-order valence-corrected chi connectivity index (χ0v) is 9.73. The van der Waals surface area contributed by atoms with Gasteiger partial charge in [-0.2, -0.15) is 0 Å². The maximum Gasteiger partial charge on any atom is 0.0905 e. The van der Waals surface area contributed by atoms with Crippen LogP contribution in [-0.2, 0) is 4.74 Å². The highest BCUT2D eigenvalue weighted by atomic mass is 16.5. The van der Waals surface area contributed by atoms with Crippen molar-refractivity contribution in [3.05, 3.63) is 0 Å². The molecule has 1 aliphatic carbocycles. The van der Waals surface area contributed by atoms with E-state index in [1.54, 1.807) is 0 Å². The monoisotopic (exact) mass is 197 g/mol. The molecule has 1 atom stereocenters. The van der Waals surface area contributed by atoms with Crippen LogP contribution in [0.2, 0.25) is 0 Å². The average molecular weight is 197 g/mol. The highest BCUT2D eigenvalue weighted by Crippen LogP contribution is 2.38. The summed E-state index contributed by atoms with van der Waals surface area (Å²) in [5.74, 6) is 0. The summed E-state index contributed by atoms with van der Waals surface area (Å²) in [6.07, 6.45) is 5.70. The van der Waals surface area contributed by atoms with Crippen molar-refractivity contribution in [2.75, 3.05) is 13.1 Å². The molecule has 1 saturated carbocycles. The van der Waals surface area contributed by atoms with Crippen LogP contribution in [0.25, 0.3) is 0 Å². The van der Waals surface area contributed by atoms with E-state index >= 15 is 0 Å². The molecular formula is C12H23NO. The maximum atomic E-state index is 6.19. The summed E-state index contributed by atoms with van der Waals surface area (Å²) in [6.45, 7) is 9.02. The molecule has 1 unspecified atom stereocenters. The predicted octanol–water partition coefficient (Wildman–Crippen LogP) is 2.33. The van der Waals surface area contributed by atoms with Crippen LogP contribution in [0.15, 0.2) is 0 Å². The third-order valence-electron chi connectivity index (χ3n) is 3.61. The van der Waals surface area contributed by atoms with Gasteiger partial charge in [0.2, 0.25) is 0 Å². The molecule has 1 N–H and O–H groups in total. The molecule has 14 heavy (non-hydrogen) atoms. The van der Waals surface area contributed by atoms with E-state index in [2.05, 4.69) is 26.1 Å². The van der Waals surface area contributed by atoms with Gasteiger partial charge in [0.05, 0.1) is 11.7 Å². The number of rotatable bonds is 2. The fourth-order valence-electron chi connectivity index (χ4n) is 2.69. The van der Waals surface area contributed by atoms with Gasteiger partial charge in [0.15, 0.2) is 0 Å². The Morgan fingerprint density at radius 3 is 2.43 bits per heavy atom. The molecule has 82 valence electrons. The molecule has 2 aliphatic rings. The first-order chi connectivity index (χ1) is 6.49. The lowest BCUT2D eigenvalue weighted by molar-refractivity contribution is -0.133. The van der Waals surface area contributed by atoms with Crippen molar-refractivity contribution in [2.45, 2.75) is 58.2 Å². The van der Waals surface area contributed by atoms with E-state index in [1.165, 1.54) is 25.7 Å². The zero-order valence-electron chi connectivity index (χ0n) is 9.73. The van der Waals surface area contributed by atoms with E-state index in [4.69, 9.17) is 4.74 Å². The molecule has 0 aromatic heterocycles. The summed E-state index contributed by atoms with van der Waals surface area (Å²) in [4.78, 5) is 0. The second-order valence-electron chi connectivity index (χ2n) is 6.05. The number of hydrogen-bond donors (Lipinski definition) is 1. The third kappa shape index (κ3) is 2.29. The van der Waals surface area contributed by atoms with Crippen LogP contribution in [0.1, 0.15) is 46.5 Å².